The Balaban J connectivity index is 1.52. The van der Waals surface area contributed by atoms with Crippen LogP contribution in [-0.2, 0) is 11.2 Å². The summed E-state index contributed by atoms with van der Waals surface area (Å²) in [6.07, 6.45) is 2.26. The molecule has 1 aromatic heterocycles. The predicted molar refractivity (Wildman–Crippen MR) is 118 cm³/mol. The van der Waals surface area contributed by atoms with Crippen molar-refractivity contribution in [3.05, 3.63) is 71.2 Å². The third-order valence-electron chi connectivity index (χ3n) is 4.71. The number of nitrogens with one attached hydrogen (secondary N) is 1. The second kappa shape index (κ2) is 10.1. The molecule has 2 aromatic carbocycles. The van der Waals surface area contributed by atoms with Gasteiger partial charge in [0, 0.05) is 47.8 Å². The number of nitrogens with zero attached hydrogens (tertiary/aromatic N) is 2. The number of carbonyl (C=O) groups is 2. The molecule has 3 aromatic rings. The normalized spacial score (nSPS) is 10.6. The molecular weight excluding hydrogens is 402 g/mol. The highest BCUT2D eigenvalue weighted by molar-refractivity contribution is 6.30. The Labute approximate surface area is 180 Å². The summed E-state index contributed by atoms with van der Waals surface area (Å²) in [4.78, 5) is 30.6. The van der Waals surface area contributed by atoms with Crippen LogP contribution in [-0.4, -0.2) is 34.8 Å². The molecule has 1 heterocycles. The number of carbonyl (C=O) groups excluding carboxylic acids is 2. The average Bonchev–Trinajstić information content (AvgIpc) is 3.23. The fraction of sp³-hybridized carbons (Fsp3) is 0.261. The van der Waals surface area contributed by atoms with Crippen LogP contribution in [0.25, 0.3) is 11.3 Å². The summed E-state index contributed by atoms with van der Waals surface area (Å²) < 4.78 is 5.72. The Morgan fingerprint density at radius 3 is 2.33 bits per heavy atom. The van der Waals surface area contributed by atoms with Crippen molar-refractivity contribution >= 4 is 29.1 Å². The second-order valence-electron chi connectivity index (χ2n) is 6.73. The Morgan fingerprint density at radius 1 is 1.03 bits per heavy atom. The van der Waals surface area contributed by atoms with Gasteiger partial charge in [-0.05, 0) is 62.4 Å². The molecule has 0 bridgehead atoms. The van der Waals surface area contributed by atoms with Crippen LogP contribution in [0.5, 0.6) is 0 Å². The molecule has 3 rings (SSSR count). The maximum atomic E-state index is 12.3. The molecule has 156 valence electrons. The second-order valence-corrected chi connectivity index (χ2v) is 7.16. The monoisotopic (exact) mass is 425 g/mol. The van der Waals surface area contributed by atoms with Gasteiger partial charge in [0.25, 0.3) is 5.91 Å². The van der Waals surface area contributed by atoms with E-state index < -0.39 is 0 Å². The minimum atomic E-state index is -0.149. The zero-order valence-corrected chi connectivity index (χ0v) is 17.8. The van der Waals surface area contributed by atoms with Crippen LogP contribution in [0.15, 0.2) is 59.1 Å². The van der Waals surface area contributed by atoms with E-state index in [1.807, 2.05) is 26.0 Å². The number of halogens is 1. The molecule has 0 fully saturated rings. The third kappa shape index (κ3) is 5.48. The van der Waals surface area contributed by atoms with Gasteiger partial charge in [0.05, 0.1) is 6.20 Å². The van der Waals surface area contributed by atoms with Crippen molar-refractivity contribution in [1.29, 1.82) is 0 Å². The Hall–Kier alpha value is -3.12. The molecule has 0 saturated heterocycles. The summed E-state index contributed by atoms with van der Waals surface area (Å²) in [6, 6.07) is 14.2. The first-order chi connectivity index (χ1) is 14.5. The van der Waals surface area contributed by atoms with Crippen LogP contribution in [0.2, 0.25) is 5.02 Å². The standard InChI is InChI=1S/C23H24ClN3O3/c1-3-27(4-2)23(29)17-7-11-19(12-8-17)26-21(28)13-14-22-25-15-20(30-22)16-5-9-18(24)10-6-16/h5-12,15H,3-4,13-14H2,1-2H3,(H,26,28). The smallest absolute Gasteiger partial charge is 0.253 e. The summed E-state index contributed by atoms with van der Waals surface area (Å²) in [7, 11) is 0. The van der Waals surface area contributed by atoms with Crippen LogP contribution >= 0.6 is 11.6 Å². The van der Waals surface area contributed by atoms with Crippen molar-refractivity contribution < 1.29 is 14.0 Å². The molecule has 0 radical (unpaired) electrons. The SMILES string of the molecule is CCN(CC)C(=O)c1ccc(NC(=O)CCc2ncc(-c3ccc(Cl)cc3)o2)cc1. The number of hydrogen-bond acceptors (Lipinski definition) is 4. The molecule has 0 spiro atoms. The summed E-state index contributed by atoms with van der Waals surface area (Å²) in [5, 5.41) is 3.49. The van der Waals surface area contributed by atoms with Crippen LogP contribution < -0.4 is 5.32 Å². The van der Waals surface area contributed by atoms with Crippen molar-refractivity contribution in [3.8, 4) is 11.3 Å². The van der Waals surface area contributed by atoms with E-state index in [2.05, 4.69) is 10.3 Å². The van der Waals surface area contributed by atoms with E-state index in [1.54, 1.807) is 47.5 Å². The van der Waals surface area contributed by atoms with E-state index in [-0.39, 0.29) is 18.2 Å². The number of amides is 2. The van der Waals surface area contributed by atoms with Gasteiger partial charge in [-0.15, -0.1) is 0 Å². The van der Waals surface area contributed by atoms with Gasteiger partial charge in [-0.25, -0.2) is 4.98 Å². The molecule has 0 atom stereocenters. The van der Waals surface area contributed by atoms with Gasteiger partial charge in [-0.1, -0.05) is 11.6 Å². The first kappa shape index (κ1) is 21.6. The Bertz CT molecular complexity index is 993. The molecular formula is C23H24ClN3O3. The van der Waals surface area contributed by atoms with Gasteiger partial charge in [0.15, 0.2) is 11.7 Å². The first-order valence-corrected chi connectivity index (χ1v) is 10.3. The van der Waals surface area contributed by atoms with Crippen molar-refractivity contribution in [3.63, 3.8) is 0 Å². The van der Waals surface area contributed by atoms with Gasteiger partial charge < -0.3 is 14.6 Å². The number of aryl methyl sites for hydroxylation is 1. The highest BCUT2D eigenvalue weighted by Gasteiger charge is 2.13. The quantitative estimate of drug-likeness (QED) is 0.548. The van der Waals surface area contributed by atoms with E-state index in [4.69, 9.17) is 16.0 Å². The predicted octanol–water partition coefficient (Wildman–Crippen LogP) is 5.05. The molecule has 1 N–H and O–H groups in total. The van der Waals surface area contributed by atoms with Gasteiger partial charge in [0.2, 0.25) is 5.91 Å². The lowest BCUT2D eigenvalue weighted by Crippen LogP contribution is -2.30. The van der Waals surface area contributed by atoms with Gasteiger partial charge in [-0.3, -0.25) is 9.59 Å². The highest BCUT2D eigenvalue weighted by atomic mass is 35.5. The third-order valence-corrected chi connectivity index (χ3v) is 4.97. The number of oxazole rings is 1. The topological polar surface area (TPSA) is 75.4 Å². The van der Waals surface area contributed by atoms with E-state index in [1.165, 1.54) is 0 Å². The van der Waals surface area contributed by atoms with Crippen molar-refractivity contribution in [1.82, 2.24) is 9.88 Å². The van der Waals surface area contributed by atoms with Gasteiger partial charge in [-0.2, -0.15) is 0 Å². The fourth-order valence-corrected chi connectivity index (χ4v) is 3.13. The van der Waals surface area contributed by atoms with Crippen LogP contribution in [0.1, 0.15) is 36.5 Å². The molecule has 6 nitrogen and oxygen atoms in total. The van der Waals surface area contributed by atoms with Crippen LogP contribution in [0.3, 0.4) is 0 Å². The summed E-state index contributed by atoms with van der Waals surface area (Å²) >= 11 is 5.90. The minimum Gasteiger partial charge on any atom is -0.441 e. The lowest BCUT2D eigenvalue weighted by atomic mass is 10.1. The van der Waals surface area contributed by atoms with E-state index in [0.717, 1.165) is 5.56 Å². The Morgan fingerprint density at radius 2 is 1.70 bits per heavy atom. The molecule has 7 heteroatoms. The average molecular weight is 426 g/mol. The zero-order chi connectivity index (χ0) is 21.5. The van der Waals surface area contributed by atoms with Crippen molar-refractivity contribution in [2.24, 2.45) is 0 Å². The molecule has 0 aliphatic carbocycles. The van der Waals surface area contributed by atoms with Gasteiger partial charge in [0.1, 0.15) is 0 Å². The lowest BCUT2D eigenvalue weighted by Gasteiger charge is -2.18. The van der Waals surface area contributed by atoms with E-state index in [0.29, 0.717) is 47.4 Å². The molecule has 0 saturated carbocycles. The summed E-state index contributed by atoms with van der Waals surface area (Å²) in [5.41, 5.74) is 2.12. The van der Waals surface area contributed by atoms with Crippen LogP contribution in [0, 0.1) is 0 Å². The van der Waals surface area contributed by atoms with E-state index in [9.17, 15) is 9.59 Å². The maximum Gasteiger partial charge on any atom is 0.253 e. The van der Waals surface area contributed by atoms with Crippen LogP contribution in [0.4, 0.5) is 5.69 Å². The van der Waals surface area contributed by atoms with Gasteiger partial charge >= 0.3 is 0 Å². The fourth-order valence-electron chi connectivity index (χ4n) is 3.01. The molecule has 30 heavy (non-hydrogen) atoms. The maximum absolute atomic E-state index is 12.3. The lowest BCUT2D eigenvalue weighted by molar-refractivity contribution is -0.116. The summed E-state index contributed by atoms with van der Waals surface area (Å²) in [5.74, 6) is 0.966. The summed E-state index contributed by atoms with van der Waals surface area (Å²) in [6.45, 7) is 5.22. The van der Waals surface area contributed by atoms with E-state index >= 15 is 0 Å². The first-order valence-electron chi connectivity index (χ1n) is 9.90. The largest absolute Gasteiger partial charge is 0.441 e. The molecule has 0 aliphatic rings. The number of hydrogen-bond donors (Lipinski definition) is 1. The number of benzene rings is 2. The molecule has 2 amide bonds. The highest BCUT2D eigenvalue weighted by Crippen LogP contribution is 2.23. The molecule has 0 unspecified atom stereocenters. The Kier molecular flexibility index (Phi) is 7.25. The number of aromatic nitrogens is 1. The zero-order valence-electron chi connectivity index (χ0n) is 17.0. The minimum absolute atomic E-state index is 0.0155. The van der Waals surface area contributed by atoms with Crippen molar-refractivity contribution in [2.45, 2.75) is 26.7 Å². The number of rotatable bonds is 8. The van der Waals surface area contributed by atoms with Crippen molar-refractivity contribution in [2.75, 3.05) is 18.4 Å². The molecule has 0 aliphatic heterocycles. The number of anilines is 1.